The molecular weight excluding hydrogens is 272 g/mol. The maximum absolute atomic E-state index is 12.0. The van der Waals surface area contributed by atoms with Gasteiger partial charge in [0.05, 0.1) is 11.0 Å². The minimum atomic E-state index is -2.83. The topological polar surface area (TPSA) is 40.6 Å². The van der Waals surface area contributed by atoms with Gasteiger partial charge in [-0.3, -0.25) is 4.90 Å². The van der Waals surface area contributed by atoms with Crippen LogP contribution in [0.5, 0.6) is 0 Å². The summed E-state index contributed by atoms with van der Waals surface area (Å²) in [6.07, 6.45) is 0.846. The zero-order valence-corrected chi connectivity index (χ0v) is 12.9. The van der Waals surface area contributed by atoms with E-state index >= 15 is 0 Å². The lowest BCUT2D eigenvalue weighted by Gasteiger charge is -2.22. The highest BCUT2D eigenvalue weighted by Gasteiger charge is 2.45. The molecule has 1 aromatic rings. The molecule has 0 radical (unpaired) electrons. The summed E-state index contributed by atoms with van der Waals surface area (Å²) in [5.41, 5.74) is 2.49. The van der Waals surface area contributed by atoms with Crippen molar-refractivity contribution in [3.05, 3.63) is 29.8 Å². The summed E-state index contributed by atoms with van der Waals surface area (Å²) >= 11 is 0. The van der Waals surface area contributed by atoms with Crippen molar-refractivity contribution in [1.82, 2.24) is 4.90 Å². The van der Waals surface area contributed by atoms with E-state index in [1.165, 1.54) is 11.3 Å². The van der Waals surface area contributed by atoms with Crippen LogP contribution in [0.3, 0.4) is 0 Å². The van der Waals surface area contributed by atoms with Crippen molar-refractivity contribution >= 4 is 15.5 Å². The van der Waals surface area contributed by atoms with Gasteiger partial charge in [-0.25, -0.2) is 8.42 Å². The molecule has 5 heteroatoms. The molecule has 0 aliphatic carbocycles. The molecule has 2 fully saturated rings. The minimum Gasteiger partial charge on any atom is -0.377 e. The molecule has 0 amide bonds. The molecule has 3 rings (SSSR count). The molecule has 20 heavy (non-hydrogen) atoms. The van der Waals surface area contributed by atoms with Crippen molar-refractivity contribution in [3.63, 3.8) is 0 Å². The maximum atomic E-state index is 12.0. The molecule has 0 saturated carbocycles. The van der Waals surface area contributed by atoms with Gasteiger partial charge in [-0.2, -0.15) is 0 Å². The van der Waals surface area contributed by atoms with Crippen LogP contribution < -0.4 is 4.90 Å². The van der Waals surface area contributed by atoms with Crippen molar-refractivity contribution in [1.29, 1.82) is 0 Å². The van der Waals surface area contributed by atoms with Crippen molar-refractivity contribution in [2.45, 2.75) is 18.2 Å². The van der Waals surface area contributed by atoms with Crippen LogP contribution in [-0.4, -0.2) is 51.5 Å². The van der Waals surface area contributed by atoms with Crippen LogP contribution >= 0.6 is 0 Å². The number of hydrogen-bond acceptors (Lipinski definition) is 4. The number of hydrogen-bond donors (Lipinski definition) is 0. The van der Waals surface area contributed by atoms with Gasteiger partial charge in [0, 0.05) is 39.4 Å². The van der Waals surface area contributed by atoms with E-state index in [0.29, 0.717) is 18.2 Å². The highest BCUT2D eigenvalue weighted by Crippen LogP contribution is 2.34. The van der Waals surface area contributed by atoms with Gasteiger partial charge in [0.2, 0.25) is 0 Å². The Bertz CT molecular complexity index is 598. The lowest BCUT2D eigenvalue weighted by molar-refractivity contribution is 0.314. The van der Waals surface area contributed by atoms with E-state index in [2.05, 4.69) is 28.0 Å². The van der Waals surface area contributed by atoms with E-state index in [0.717, 1.165) is 19.5 Å². The summed E-state index contributed by atoms with van der Waals surface area (Å²) in [5, 5.41) is -0.117. The summed E-state index contributed by atoms with van der Waals surface area (Å²) in [6, 6.07) is 8.35. The third kappa shape index (κ3) is 2.44. The molecule has 0 N–H and O–H groups in total. The summed E-state index contributed by atoms with van der Waals surface area (Å²) in [5.74, 6) is 0.747. The van der Waals surface area contributed by atoms with Crippen LogP contribution in [0.1, 0.15) is 12.0 Å². The first-order chi connectivity index (χ1) is 9.47. The van der Waals surface area contributed by atoms with E-state index in [9.17, 15) is 8.42 Å². The Hall–Kier alpha value is -1.07. The molecule has 2 atom stereocenters. The Morgan fingerprint density at radius 2 is 2.00 bits per heavy atom. The van der Waals surface area contributed by atoms with Crippen LogP contribution in [-0.2, 0) is 16.4 Å². The fourth-order valence-corrected chi connectivity index (χ4v) is 5.71. The van der Waals surface area contributed by atoms with Gasteiger partial charge in [0.25, 0.3) is 0 Å². The number of nitrogens with zero attached hydrogens (tertiary/aromatic N) is 2. The molecule has 1 aromatic carbocycles. The van der Waals surface area contributed by atoms with Crippen LogP contribution in [0, 0.1) is 5.92 Å². The van der Waals surface area contributed by atoms with Gasteiger partial charge >= 0.3 is 0 Å². The van der Waals surface area contributed by atoms with Crippen molar-refractivity contribution in [3.8, 4) is 0 Å². The van der Waals surface area contributed by atoms with Crippen LogP contribution in [0.2, 0.25) is 0 Å². The molecule has 0 spiro atoms. The summed E-state index contributed by atoms with van der Waals surface area (Å²) in [7, 11) is 1.26. The van der Waals surface area contributed by atoms with E-state index in [4.69, 9.17) is 0 Å². The first kappa shape index (κ1) is 13.9. The average Bonchev–Trinajstić information content (AvgIpc) is 2.91. The third-order valence-corrected chi connectivity index (χ3v) is 6.82. The van der Waals surface area contributed by atoms with E-state index in [-0.39, 0.29) is 5.25 Å². The Balaban J connectivity index is 1.75. The van der Waals surface area contributed by atoms with Gasteiger partial charge < -0.3 is 4.90 Å². The summed E-state index contributed by atoms with van der Waals surface area (Å²) in [4.78, 5) is 4.41. The lowest BCUT2D eigenvalue weighted by Crippen LogP contribution is -2.27. The number of para-hydroxylation sites is 1. The molecule has 2 saturated heterocycles. The molecule has 0 bridgehead atoms. The summed E-state index contributed by atoms with van der Waals surface area (Å²) in [6.45, 7) is 2.47. The largest absolute Gasteiger partial charge is 0.377 e. The minimum absolute atomic E-state index is 0.117. The summed E-state index contributed by atoms with van der Waals surface area (Å²) < 4.78 is 24.0. The molecule has 110 valence electrons. The van der Waals surface area contributed by atoms with Gasteiger partial charge in [-0.05, 0) is 24.0 Å². The normalized spacial score (nSPS) is 28.5. The number of benzene rings is 1. The standard InChI is InChI=1S/C15H22N2O2S/c1-16(2)14-6-4-3-5-12(14)9-17-10-13-7-8-20(18,19)15(13)11-17/h3-6,13,15H,7-11H2,1-2H3/t13-,15+/m0/s1. The number of sulfone groups is 1. The number of anilines is 1. The zero-order chi connectivity index (χ0) is 14.3. The number of fused-ring (bicyclic) bond motifs is 1. The second-order valence-corrected chi connectivity index (χ2v) is 8.51. The predicted octanol–water partition coefficient (Wildman–Crippen LogP) is 1.37. The molecular formula is C15H22N2O2S. The zero-order valence-electron chi connectivity index (χ0n) is 12.1. The van der Waals surface area contributed by atoms with Crippen molar-refractivity contribution in [2.24, 2.45) is 5.92 Å². The number of rotatable bonds is 3. The maximum Gasteiger partial charge on any atom is 0.154 e. The fourth-order valence-electron chi connectivity index (χ4n) is 3.53. The smallest absolute Gasteiger partial charge is 0.154 e. The average molecular weight is 294 g/mol. The van der Waals surface area contributed by atoms with Gasteiger partial charge in [-0.15, -0.1) is 0 Å². The third-order valence-electron chi connectivity index (χ3n) is 4.56. The first-order valence-electron chi connectivity index (χ1n) is 7.16. The molecule has 2 aliphatic rings. The Labute approximate surface area is 121 Å². The Morgan fingerprint density at radius 1 is 1.25 bits per heavy atom. The molecule has 2 heterocycles. The monoisotopic (exact) mass is 294 g/mol. The van der Waals surface area contributed by atoms with Crippen molar-refractivity contribution < 1.29 is 8.42 Å². The highest BCUT2D eigenvalue weighted by molar-refractivity contribution is 7.92. The van der Waals surface area contributed by atoms with Crippen LogP contribution in [0.15, 0.2) is 24.3 Å². The Morgan fingerprint density at radius 3 is 2.70 bits per heavy atom. The Kier molecular flexibility index (Phi) is 3.50. The van der Waals surface area contributed by atoms with E-state index < -0.39 is 9.84 Å². The van der Waals surface area contributed by atoms with Crippen LogP contribution in [0.25, 0.3) is 0 Å². The molecule has 4 nitrogen and oxygen atoms in total. The fraction of sp³-hybridized carbons (Fsp3) is 0.600. The van der Waals surface area contributed by atoms with Gasteiger partial charge in [0.1, 0.15) is 0 Å². The van der Waals surface area contributed by atoms with E-state index in [1.807, 2.05) is 20.2 Å². The lowest BCUT2D eigenvalue weighted by atomic mass is 10.1. The highest BCUT2D eigenvalue weighted by atomic mass is 32.2. The SMILES string of the molecule is CN(C)c1ccccc1CN1C[C@@H]2CCS(=O)(=O)[C@@H]2C1. The van der Waals surface area contributed by atoms with Crippen LogP contribution in [0.4, 0.5) is 5.69 Å². The molecule has 0 unspecified atom stereocenters. The molecule has 0 aromatic heterocycles. The second-order valence-electron chi connectivity index (χ2n) is 6.17. The predicted molar refractivity (Wildman–Crippen MR) is 81.7 cm³/mol. The van der Waals surface area contributed by atoms with Gasteiger partial charge in [-0.1, -0.05) is 18.2 Å². The first-order valence-corrected chi connectivity index (χ1v) is 8.88. The number of likely N-dealkylation sites (tertiary alicyclic amines) is 1. The van der Waals surface area contributed by atoms with Gasteiger partial charge in [0.15, 0.2) is 9.84 Å². The van der Waals surface area contributed by atoms with E-state index in [1.54, 1.807) is 0 Å². The quantitative estimate of drug-likeness (QED) is 0.844. The van der Waals surface area contributed by atoms with Crippen molar-refractivity contribution in [2.75, 3.05) is 37.8 Å². The second kappa shape index (κ2) is 5.04. The molecule has 2 aliphatic heterocycles.